The average Bonchev–Trinajstić information content (AvgIpc) is 3.28. The third kappa shape index (κ3) is 5.28. The second-order valence-corrected chi connectivity index (χ2v) is 7.66. The molecule has 0 aliphatic carbocycles. The van der Waals surface area contributed by atoms with Crippen LogP contribution in [0.5, 0.6) is 0 Å². The topological polar surface area (TPSA) is 117 Å². The van der Waals surface area contributed by atoms with E-state index in [9.17, 15) is 22.8 Å². The number of halogens is 3. The highest BCUT2D eigenvalue weighted by Gasteiger charge is 2.41. The molecule has 3 heterocycles. The highest BCUT2D eigenvalue weighted by Crippen LogP contribution is 2.30. The predicted octanol–water partition coefficient (Wildman–Crippen LogP) is 3.66. The number of aromatic carboxylic acids is 1. The second kappa shape index (κ2) is 10.1. The number of carbonyl (C=O) groups is 2. The van der Waals surface area contributed by atoms with E-state index in [1.54, 1.807) is 0 Å². The van der Waals surface area contributed by atoms with Crippen LogP contribution in [0.4, 0.5) is 13.2 Å². The Morgan fingerprint density at radius 2 is 1.76 bits per heavy atom. The number of likely N-dealkylation sites (tertiary alicyclic amines) is 1. The van der Waals surface area contributed by atoms with Gasteiger partial charge in [-0.15, -0.1) is 6.54 Å². The molecule has 9 nitrogen and oxygen atoms in total. The number of nitrogens with zero attached hydrogens (tertiary/aromatic N) is 5. The molecular weight excluding hydrogens is 453 g/mol. The average molecular weight is 477 g/mol. The maximum atomic E-state index is 12.7. The number of carboxylic acid groups (broad SMARTS) is 1. The second-order valence-electron chi connectivity index (χ2n) is 7.66. The molecular formula is C22H24F3N6O3-. The van der Waals surface area contributed by atoms with E-state index in [1.807, 2.05) is 48.1 Å². The Kier molecular flexibility index (Phi) is 7.40. The summed E-state index contributed by atoms with van der Waals surface area (Å²) in [5.41, 5.74) is 7.90. The summed E-state index contributed by atoms with van der Waals surface area (Å²) in [6.45, 7) is 1.19. The standard InChI is InChI=1S/C12H14N3.C10H10F3N3O3/c1-15-9-11(14-12(15)7-8-13)10-5-3-2-4-6-10;1-15-6(8(18)19)5(7(17)16-3-2-4-16)14-9(15)10(11,12)13/h2-6,9,13H,7-8H2,1H3;2-4H2,1H3,(H,18,19)/q-1;. The number of carboxylic acids is 1. The van der Waals surface area contributed by atoms with E-state index in [4.69, 9.17) is 10.8 Å². The molecule has 0 spiro atoms. The first-order valence-corrected chi connectivity index (χ1v) is 10.4. The van der Waals surface area contributed by atoms with E-state index in [0.29, 0.717) is 30.6 Å². The van der Waals surface area contributed by atoms with E-state index < -0.39 is 35.3 Å². The summed E-state index contributed by atoms with van der Waals surface area (Å²) in [5, 5.41) is 8.95. The Labute approximate surface area is 193 Å². The lowest BCUT2D eigenvalue weighted by molar-refractivity contribution is -0.146. The fraction of sp³-hybridized carbons (Fsp3) is 0.364. The Morgan fingerprint density at radius 1 is 1.12 bits per heavy atom. The summed E-state index contributed by atoms with van der Waals surface area (Å²) >= 11 is 0. The Bertz CT molecular complexity index is 1170. The monoisotopic (exact) mass is 477 g/mol. The van der Waals surface area contributed by atoms with E-state index >= 15 is 0 Å². The number of alkyl halides is 3. The first kappa shape index (κ1) is 25.0. The summed E-state index contributed by atoms with van der Waals surface area (Å²) in [5.74, 6) is -2.82. The number of aromatic nitrogens is 4. The van der Waals surface area contributed by atoms with Gasteiger partial charge in [0.05, 0.1) is 5.69 Å². The summed E-state index contributed by atoms with van der Waals surface area (Å²) in [6.07, 6.45) is -1.34. The van der Waals surface area contributed by atoms with Gasteiger partial charge < -0.3 is 24.9 Å². The zero-order chi connectivity index (χ0) is 25.0. The lowest BCUT2D eigenvalue weighted by Crippen LogP contribution is -2.42. The molecule has 2 N–H and O–H groups in total. The number of hydrogen-bond donors (Lipinski definition) is 1. The van der Waals surface area contributed by atoms with Crippen molar-refractivity contribution in [1.82, 2.24) is 24.0 Å². The van der Waals surface area contributed by atoms with Gasteiger partial charge in [0.1, 0.15) is 5.82 Å². The molecule has 0 radical (unpaired) electrons. The number of amides is 1. The van der Waals surface area contributed by atoms with Gasteiger partial charge in [-0.25, -0.2) is 14.8 Å². The molecule has 34 heavy (non-hydrogen) atoms. The fourth-order valence-corrected chi connectivity index (χ4v) is 3.41. The highest BCUT2D eigenvalue weighted by molar-refractivity contribution is 6.02. The van der Waals surface area contributed by atoms with Gasteiger partial charge in [-0.1, -0.05) is 30.3 Å². The highest BCUT2D eigenvalue weighted by atomic mass is 19.4. The maximum absolute atomic E-state index is 12.7. The zero-order valence-electron chi connectivity index (χ0n) is 18.6. The Balaban J connectivity index is 0.000000196. The number of aryl methyl sites for hydroxylation is 1. The predicted molar refractivity (Wildman–Crippen MR) is 117 cm³/mol. The minimum atomic E-state index is -4.81. The largest absolute Gasteiger partial charge is 0.677 e. The van der Waals surface area contributed by atoms with Crippen LogP contribution in [0.15, 0.2) is 36.5 Å². The van der Waals surface area contributed by atoms with E-state index in [1.165, 1.54) is 4.90 Å². The van der Waals surface area contributed by atoms with Crippen molar-refractivity contribution in [3.8, 4) is 11.3 Å². The zero-order valence-corrected chi connectivity index (χ0v) is 18.6. The molecule has 1 aliphatic heterocycles. The number of imidazole rings is 2. The van der Waals surface area contributed by atoms with Crippen LogP contribution < -0.4 is 0 Å². The molecule has 4 rings (SSSR count). The van der Waals surface area contributed by atoms with Crippen molar-refractivity contribution in [3.05, 3.63) is 65.3 Å². The van der Waals surface area contributed by atoms with Gasteiger partial charge in [-0.3, -0.25) is 4.79 Å². The normalized spacial score (nSPS) is 13.2. The van der Waals surface area contributed by atoms with E-state index in [-0.39, 0.29) is 0 Å². The van der Waals surface area contributed by atoms with Crippen molar-refractivity contribution in [3.63, 3.8) is 0 Å². The lowest BCUT2D eigenvalue weighted by Gasteiger charge is -2.30. The van der Waals surface area contributed by atoms with Crippen molar-refractivity contribution in [2.45, 2.75) is 19.0 Å². The van der Waals surface area contributed by atoms with Crippen molar-refractivity contribution in [1.29, 1.82) is 0 Å². The van der Waals surface area contributed by atoms with Crippen LogP contribution in [-0.4, -0.2) is 60.6 Å². The van der Waals surface area contributed by atoms with Crippen LogP contribution in [0.2, 0.25) is 0 Å². The molecule has 0 bridgehead atoms. The molecule has 1 amide bonds. The van der Waals surface area contributed by atoms with Crippen molar-refractivity contribution in [2.75, 3.05) is 19.6 Å². The minimum absolute atomic E-state index is 0.384. The van der Waals surface area contributed by atoms with Gasteiger partial charge in [-0.05, 0) is 12.8 Å². The Hall–Kier alpha value is -3.67. The van der Waals surface area contributed by atoms with Crippen LogP contribution in [0, 0.1) is 0 Å². The minimum Gasteiger partial charge on any atom is -0.677 e. The van der Waals surface area contributed by atoms with Gasteiger partial charge in [0, 0.05) is 38.9 Å². The molecule has 3 aromatic rings. The van der Waals surface area contributed by atoms with Crippen LogP contribution in [0.3, 0.4) is 0 Å². The number of nitrogens with one attached hydrogen (secondary N) is 1. The first-order valence-electron chi connectivity index (χ1n) is 10.4. The number of carbonyl (C=O) groups excluding carboxylic acids is 1. The smallest absolute Gasteiger partial charge is 0.449 e. The van der Waals surface area contributed by atoms with Gasteiger partial charge >= 0.3 is 12.1 Å². The van der Waals surface area contributed by atoms with Crippen LogP contribution in [0.1, 0.15) is 39.0 Å². The SMILES string of the molecule is Cn1c(C(F)(F)F)nc(C(=O)N2CCC2)c1C(=O)O.Cn1cc(-c2ccccc2)nc1CC[NH-]. The van der Waals surface area contributed by atoms with Gasteiger partial charge in [0.15, 0.2) is 11.4 Å². The van der Waals surface area contributed by atoms with Crippen LogP contribution in [0.25, 0.3) is 17.0 Å². The summed E-state index contributed by atoms with van der Waals surface area (Å²) in [6, 6.07) is 10.1. The quantitative estimate of drug-likeness (QED) is 0.602. The molecule has 0 unspecified atom stereocenters. The van der Waals surface area contributed by atoms with Gasteiger partial charge in [0.25, 0.3) is 5.91 Å². The van der Waals surface area contributed by atoms with Gasteiger partial charge in [0.2, 0.25) is 5.82 Å². The number of benzene rings is 1. The number of hydrogen-bond acceptors (Lipinski definition) is 4. The third-order valence-electron chi connectivity index (χ3n) is 5.29. The molecule has 0 atom stereocenters. The van der Waals surface area contributed by atoms with Crippen LogP contribution in [-0.2, 0) is 26.7 Å². The lowest BCUT2D eigenvalue weighted by atomic mass is 10.2. The van der Waals surface area contributed by atoms with Crippen molar-refractivity contribution < 1.29 is 27.9 Å². The fourth-order valence-electron chi connectivity index (χ4n) is 3.41. The molecule has 1 fully saturated rings. The molecule has 1 aliphatic rings. The number of rotatable bonds is 5. The summed E-state index contributed by atoms with van der Waals surface area (Å²) in [7, 11) is 2.90. The van der Waals surface area contributed by atoms with Gasteiger partial charge in [-0.2, -0.15) is 13.2 Å². The first-order chi connectivity index (χ1) is 16.0. The molecule has 1 saturated heterocycles. The molecule has 2 aromatic heterocycles. The maximum Gasteiger partial charge on any atom is 0.449 e. The molecule has 1 aromatic carbocycles. The summed E-state index contributed by atoms with van der Waals surface area (Å²) < 4.78 is 40.4. The van der Waals surface area contributed by atoms with E-state index in [2.05, 4.69) is 9.97 Å². The van der Waals surface area contributed by atoms with E-state index in [0.717, 1.165) is 30.6 Å². The van der Waals surface area contributed by atoms with Crippen LogP contribution >= 0.6 is 0 Å². The molecule has 12 heteroatoms. The van der Waals surface area contributed by atoms with Crippen molar-refractivity contribution >= 4 is 11.9 Å². The Morgan fingerprint density at radius 3 is 2.26 bits per heavy atom. The summed E-state index contributed by atoms with van der Waals surface area (Å²) in [4.78, 5) is 31.8. The molecule has 0 saturated carbocycles. The molecule has 182 valence electrons. The van der Waals surface area contributed by atoms with Crippen molar-refractivity contribution in [2.24, 2.45) is 14.1 Å². The third-order valence-corrected chi connectivity index (χ3v) is 5.29.